The predicted octanol–water partition coefficient (Wildman–Crippen LogP) is 5.23. The molecule has 0 bridgehead atoms. The van der Waals surface area contributed by atoms with Gasteiger partial charge in [-0.1, -0.05) is 38.3 Å². The molecule has 0 saturated heterocycles. The molecule has 0 unspecified atom stereocenters. The fourth-order valence-corrected chi connectivity index (χ4v) is 4.19. The zero-order valence-electron chi connectivity index (χ0n) is 15.5. The van der Waals surface area contributed by atoms with Crippen LogP contribution in [0.2, 0.25) is 0 Å². The third-order valence-electron chi connectivity index (χ3n) is 5.50. The molecular formula is C22H26N4. The van der Waals surface area contributed by atoms with Crippen molar-refractivity contribution in [2.75, 3.05) is 11.9 Å². The molecule has 1 aliphatic carbocycles. The van der Waals surface area contributed by atoms with E-state index in [-0.39, 0.29) is 0 Å². The number of pyridine rings is 1. The summed E-state index contributed by atoms with van der Waals surface area (Å²) in [6.07, 6.45) is 9.24. The highest BCUT2D eigenvalue weighted by molar-refractivity contribution is 5.86. The Balaban J connectivity index is 1.98. The maximum absolute atomic E-state index is 9.92. The van der Waals surface area contributed by atoms with Crippen molar-refractivity contribution in [1.82, 2.24) is 9.38 Å². The molecule has 0 radical (unpaired) electrons. The number of nitrogens with one attached hydrogen (secondary N) is 1. The molecular weight excluding hydrogens is 320 g/mol. The maximum atomic E-state index is 9.92. The molecule has 2 aromatic heterocycles. The van der Waals surface area contributed by atoms with Crippen LogP contribution in [0.5, 0.6) is 0 Å². The van der Waals surface area contributed by atoms with E-state index >= 15 is 0 Å². The molecule has 0 atom stereocenters. The largest absolute Gasteiger partial charge is 0.371 e. The number of rotatable bonds is 5. The summed E-state index contributed by atoms with van der Waals surface area (Å²) < 4.78 is 2.20. The van der Waals surface area contributed by atoms with E-state index in [4.69, 9.17) is 4.98 Å². The molecule has 1 aliphatic rings. The lowest BCUT2D eigenvalue weighted by Gasteiger charge is -2.19. The van der Waals surface area contributed by atoms with Gasteiger partial charge in [0.25, 0.3) is 0 Å². The van der Waals surface area contributed by atoms with Gasteiger partial charge in [0, 0.05) is 6.54 Å². The second-order valence-corrected chi connectivity index (χ2v) is 7.25. The third-order valence-corrected chi connectivity index (χ3v) is 5.50. The van der Waals surface area contributed by atoms with Gasteiger partial charge in [0.1, 0.15) is 11.9 Å². The van der Waals surface area contributed by atoms with Crippen LogP contribution < -0.4 is 5.32 Å². The summed E-state index contributed by atoms with van der Waals surface area (Å²) in [5, 5.41) is 13.6. The molecule has 26 heavy (non-hydrogen) atoms. The fourth-order valence-electron chi connectivity index (χ4n) is 4.19. The van der Waals surface area contributed by atoms with E-state index in [0.29, 0.717) is 0 Å². The van der Waals surface area contributed by atoms with Crippen molar-refractivity contribution in [2.45, 2.75) is 58.3 Å². The molecule has 3 aromatic rings. The molecule has 0 saturated carbocycles. The summed E-state index contributed by atoms with van der Waals surface area (Å²) in [5.74, 6) is 1.17. The summed E-state index contributed by atoms with van der Waals surface area (Å²) in [6, 6.07) is 10.7. The Morgan fingerprint density at radius 1 is 1.12 bits per heavy atom. The first-order valence-electron chi connectivity index (χ1n) is 9.94. The molecule has 1 N–H and O–H groups in total. The fraction of sp³-hybridized carbons (Fsp3) is 0.455. The van der Waals surface area contributed by atoms with Gasteiger partial charge in [-0.2, -0.15) is 5.26 Å². The monoisotopic (exact) mass is 346 g/mol. The van der Waals surface area contributed by atoms with Crippen LogP contribution >= 0.6 is 0 Å². The highest BCUT2D eigenvalue weighted by Gasteiger charge is 2.23. The summed E-state index contributed by atoms with van der Waals surface area (Å²) in [6.45, 7) is 3.20. The highest BCUT2D eigenvalue weighted by Crippen LogP contribution is 2.35. The van der Waals surface area contributed by atoms with Crippen molar-refractivity contribution >= 4 is 22.5 Å². The molecule has 0 spiro atoms. The van der Waals surface area contributed by atoms with Crippen molar-refractivity contribution in [3.8, 4) is 6.07 Å². The number of benzene rings is 1. The zero-order valence-corrected chi connectivity index (χ0v) is 15.5. The molecule has 0 amide bonds. The van der Waals surface area contributed by atoms with Gasteiger partial charge in [-0.25, -0.2) is 4.98 Å². The number of para-hydroxylation sites is 2. The van der Waals surface area contributed by atoms with Crippen LogP contribution in [0.3, 0.4) is 0 Å². The average molecular weight is 346 g/mol. The average Bonchev–Trinajstić information content (AvgIpc) is 2.87. The van der Waals surface area contributed by atoms with Crippen LogP contribution in [0.1, 0.15) is 62.1 Å². The Hall–Kier alpha value is -2.54. The minimum absolute atomic E-state index is 0.775. The Labute approximate surface area is 154 Å². The van der Waals surface area contributed by atoms with E-state index in [1.807, 2.05) is 12.1 Å². The van der Waals surface area contributed by atoms with Gasteiger partial charge >= 0.3 is 0 Å². The molecule has 0 aliphatic heterocycles. The van der Waals surface area contributed by atoms with Crippen molar-refractivity contribution in [3.05, 3.63) is 41.0 Å². The first kappa shape index (κ1) is 16.9. The quantitative estimate of drug-likeness (QED) is 0.508. The third kappa shape index (κ3) is 2.82. The summed E-state index contributed by atoms with van der Waals surface area (Å²) >= 11 is 0. The molecule has 2 heterocycles. The number of anilines is 1. The molecule has 4 rings (SSSR count). The summed E-state index contributed by atoms with van der Waals surface area (Å²) in [5.41, 5.74) is 6.20. The van der Waals surface area contributed by atoms with Gasteiger partial charge in [0.2, 0.25) is 0 Å². The van der Waals surface area contributed by atoms with Gasteiger partial charge in [-0.15, -0.1) is 0 Å². The van der Waals surface area contributed by atoms with Gasteiger partial charge in [-0.3, -0.25) is 4.40 Å². The molecule has 1 aromatic carbocycles. The number of fused-ring (bicyclic) bond motifs is 4. The minimum Gasteiger partial charge on any atom is -0.371 e. The van der Waals surface area contributed by atoms with Crippen molar-refractivity contribution in [1.29, 1.82) is 5.26 Å². The van der Waals surface area contributed by atoms with Crippen LogP contribution in [0.15, 0.2) is 24.3 Å². The van der Waals surface area contributed by atoms with E-state index < -0.39 is 0 Å². The van der Waals surface area contributed by atoms with Crippen LogP contribution in [0.25, 0.3) is 16.7 Å². The minimum atomic E-state index is 0.775. The maximum Gasteiger partial charge on any atom is 0.157 e. The topological polar surface area (TPSA) is 53.1 Å². The normalized spacial score (nSPS) is 14.2. The Bertz CT molecular complexity index is 977. The second kappa shape index (κ2) is 7.37. The summed E-state index contributed by atoms with van der Waals surface area (Å²) in [7, 11) is 0. The number of hydrogen-bond acceptors (Lipinski definition) is 3. The first-order valence-corrected chi connectivity index (χ1v) is 9.94. The van der Waals surface area contributed by atoms with Crippen molar-refractivity contribution in [3.63, 3.8) is 0 Å². The smallest absolute Gasteiger partial charge is 0.157 e. The highest BCUT2D eigenvalue weighted by atomic mass is 15.1. The molecule has 4 nitrogen and oxygen atoms in total. The zero-order chi connectivity index (χ0) is 17.9. The number of nitriles is 1. The number of unbranched alkanes of at least 4 members (excludes halogenated alkanes) is 2. The van der Waals surface area contributed by atoms with E-state index in [9.17, 15) is 5.26 Å². The van der Waals surface area contributed by atoms with Gasteiger partial charge in [0.15, 0.2) is 5.65 Å². The van der Waals surface area contributed by atoms with Crippen LogP contribution in [-0.2, 0) is 12.8 Å². The Morgan fingerprint density at radius 3 is 2.73 bits per heavy atom. The standard InChI is InChI=1S/C22H26N4/c1-2-3-9-14-24-21-17-11-6-4-5-10-16(17)18(15-23)22-25-19-12-7-8-13-20(19)26(21)22/h7-8,12-13,24H,2-6,9-11,14H2,1H3. The molecule has 134 valence electrons. The second-order valence-electron chi connectivity index (χ2n) is 7.25. The van der Waals surface area contributed by atoms with Crippen molar-refractivity contribution in [2.24, 2.45) is 0 Å². The van der Waals surface area contributed by atoms with E-state index in [1.165, 1.54) is 49.0 Å². The lowest BCUT2D eigenvalue weighted by atomic mass is 9.98. The lowest BCUT2D eigenvalue weighted by Crippen LogP contribution is -2.12. The number of hydrogen-bond donors (Lipinski definition) is 1. The number of aromatic nitrogens is 2. The van der Waals surface area contributed by atoms with Crippen LogP contribution in [0, 0.1) is 11.3 Å². The first-order chi connectivity index (χ1) is 12.8. The summed E-state index contributed by atoms with van der Waals surface area (Å²) in [4.78, 5) is 4.83. The molecule has 4 heteroatoms. The van der Waals surface area contributed by atoms with Gasteiger partial charge < -0.3 is 5.32 Å². The van der Waals surface area contributed by atoms with Gasteiger partial charge in [-0.05, 0) is 55.4 Å². The van der Waals surface area contributed by atoms with Crippen LogP contribution in [0.4, 0.5) is 5.82 Å². The lowest BCUT2D eigenvalue weighted by molar-refractivity contribution is 0.710. The van der Waals surface area contributed by atoms with E-state index in [1.54, 1.807) is 0 Å². The van der Waals surface area contributed by atoms with E-state index in [0.717, 1.165) is 48.1 Å². The van der Waals surface area contributed by atoms with Crippen LogP contribution in [-0.4, -0.2) is 15.9 Å². The molecule has 0 fully saturated rings. The SMILES string of the molecule is CCCCCNc1c2c(c(C#N)c3nc4ccccc4n13)CCCCC2. The van der Waals surface area contributed by atoms with E-state index in [2.05, 4.69) is 34.8 Å². The van der Waals surface area contributed by atoms with Crippen molar-refractivity contribution < 1.29 is 0 Å². The predicted molar refractivity (Wildman–Crippen MR) is 107 cm³/mol. The van der Waals surface area contributed by atoms with Gasteiger partial charge in [0.05, 0.1) is 16.6 Å². The number of nitrogens with zero attached hydrogens (tertiary/aromatic N) is 3. The number of imidazole rings is 1. The Kier molecular flexibility index (Phi) is 4.79. The Morgan fingerprint density at radius 2 is 1.92 bits per heavy atom.